The van der Waals surface area contributed by atoms with Crippen molar-refractivity contribution >= 4 is 11.8 Å². The van der Waals surface area contributed by atoms with Crippen LogP contribution in [0.15, 0.2) is 17.1 Å². The average molecular weight is 339 g/mol. The van der Waals surface area contributed by atoms with E-state index in [4.69, 9.17) is 4.42 Å². The van der Waals surface area contributed by atoms with E-state index in [1.54, 1.807) is 4.90 Å². The van der Waals surface area contributed by atoms with Crippen LogP contribution in [0.3, 0.4) is 0 Å². The molecule has 1 aromatic heterocycles. The Morgan fingerprint density at radius 1 is 1.38 bits per heavy atom. The monoisotopic (exact) mass is 339 g/mol. The van der Waals surface area contributed by atoms with Gasteiger partial charge in [0, 0.05) is 26.1 Å². The SMILES string of the molecule is O=C(c1cocn1)N1CC(F)(F)CC2(CCN(CC3CC3)C2=O)C1. The van der Waals surface area contributed by atoms with Crippen LogP contribution in [0.25, 0.3) is 0 Å². The third-order valence-corrected chi connectivity index (χ3v) is 5.23. The van der Waals surface area contributed by atoms with Gasteiger partial charge in [0.2, 0.25) is 5.91 Å². The normalized spacial score (nSPS) is 29.5. The summed E-state index contributed by atoms with van der Waals surface area (Å²) in [7, 11) is 0. The van der Waals surface area contributed by atoms with Gasteiger partial charge in [-0.25, -0.2) is 13.8 Å². The molecule has 2 aliphatic heterocycles. The number of carbonyl (C=O) groups excluding carboxylic acids is 2. The van der Waals surface area contributed by atoms with E-state index < -0.39 is 30.2 Å². The number of hydrogen-bond acceptors (Lipinski definition) is 4. The molecule has 0 aromatic carbocycles. The first-order valence-corrected chi connectivity index (χ1v) is 8.23. The van der Waals surface area contributed by atoms with Crippen molar-refractivity contribution < 1.29 is 22.8 Å². The van der Waals surface area contributed by atoms with E-state index in [2.05, 4.69) is 4.98 Å². The lowest BCUT2D eigenvalue weighted by Crippen LogP contribution is -2.57. The molecule has 2 saturated heterocycles. The molecule has 2 amide bonds. The Morgan fingerprint density at radius 3 is 2.83 bits per heavy atom. The summed E-state index contributed by atoms with van der Waals surface area (Å²) in [6.45, 7) is 0.491. The molecule has 6 nitrogen and oxygen atoms in total. The quantitative estimate of drug-likeness (QED) is 0.842. The van der Waals surface area contributed by atoms with Crippen LogP contribution in [0.2, 0.25) is 0 Å². The molecule has 8 heteroatoms. The zero-order valence-electron chi connectivity index (χ0n) is 13.2. The van der Waals surface area contributed by atoms with Crippen LogP contribution >= 0.6 is 0 Å². The zero-order valence-corrected chi connectivity index (χ0v) is 13.2. The minimum atomic E-state index is -3.08. The van der Waals surface area contributed by atoms with Crippen molar-refractivity contribution in [2.24, 2.45) is 11.3 Å². The summed E-state index contributed by atoms with van der Waals surface area (Å²) in [6.07, 6.45) is 4.31. The summed E-state index contributed by atoms with van der Waals surface area (Å²) in [5.41, 5.74) is -1.18. The van der Waals surface area contributed by atoms with Gasteiger partial charge in [-0.05, 0) is 25.2 Å². The molecule has 130 valence electrons. The van der Waals surface area contributed by atoms with Gasteiger partial charge in [-0.1, -0.05) is 0 Å². The molecule has 4 rings (SSSR count). The fraction of sp³-hybridized carbons (Fsp3) is 0.688. The smallest absolute Gasteiger partial charge is 0.276 e. The minimum Gasteiger partial charge on any atom is -0.451 e. The van der Waals surface area contributed by atoms with Crippen LogP contribution < -0.4 is 0 Å². The Morgan fingerprint density at radius 2 is 2.17 bits per heavy atom. The maximum absolute atomic E-state index is 14.3. The van der Waals surface area contributed by atoms with Crippen molar-refractivity contribution in [1.82, 2.24) is 14.8 Å². The van der Waals surface area contributed by atoms with Gasteiger partial charge in [0.25, 0.3) is 11.8 Å². The van der Waals surface area contributed by atoms with Crippen LogP contribution in [-0.4, -0.2) is 58.7 Å². The number of oxazole rings is 1. The summed E-state index contributed by atoms with van der Waals surface area (Å²) < 4.78 is 33.4. The topological polar surface area (TPSA) is 66.7 Å². The van der Waals surface area contributed by atoms with E-state index in [1.807, 2.05) is 0 Å². The van der Waals surface area contributed by atoms with E-state index in [0.717, 1.165) is 30.4 Å². The fourth-order valence-corrected chi connectivity index (χ4v) is 3.92. The molecular formula is C16H19F2N3O3. The number of nitrogens with zero attached hydrogens (tertiary/aromatic N) is 3. The van der Waals surface area contributed by atoms with Crippen molar-refractivity contribution in [3.8, 4) is 0 Å². The highest BCUT2D eigenvalue weighted by atomic mass is 19.3. The van der Waals surface area contributed by atoms with Crippen molar-refractivity contribution in [3.63, 3.8) is 0 Å². The molecule has 1 atom stereocenters. The second-order valence-electron chi connectivity index (χ2n) is 7.29. The van der Waals surface area contributed by atoms with Crippen LogP contribution in [0.4, 0.5) is 8.78 Å². The van der Waals surface area contributed by atoms with E-state index in [-0.39, 0.29) is 18.1 Å². The minimum absolute atomic E-state index is 0.0110. The highest BCUT2D eigenvalue weighted by Crippen LogP contribution is 2.46. The number of amides is 2. The standard InChI is InChI=1S/C16H19F2N3O3/c17-16(18)7-15(3-4-20(14(15)23)5-11-1-2-11)8-21(9-16)13(22)12-6-24-10-19-12/h6,10-11H,1-5,7-9H2. The highest BCUT2D eigenvalue weighted by molar-refractivity contribution is 5.93. The molecule has 0 bridgehead atoms. The molecule has 24 heavy (non-hydrogen) atoms. The molecule has 3 aliphatic rings. The molecule has 1 unspecified atom stereocenters. The van der Waals surface area contributed by atoms with Crippen molar-refractivity contribution in [2.75, 3.05) is 26.2 Å². The van der Waals surface area contributed by atoms with Gasteiger partial charge in [0.1, 0.15) is 6.26 Å². The summed E-state index contributed by atoms with van der Waals surface area (Å²) in [4.78, 5) is 31.7. The van der Waals surface area contributed by atoms with Crippen molar-refractivity contribution in [3.05, 3.63) is 18.4 Å². The fourth-order valence-electron chi connectivity index (χ4n) is 3.92. The number of piperidine rings is 1. The van der Waals surface area contributed by atoms with E-state index in [1.165, 1.54) is 0 Å². The largest absolute Gasteiger partial charge is 0.451 e. The molecule has 3 heterocycles. The number of halogens is 2. The maximum Gasteiger partial charge on any atom is 0.276 e. The molecule has 1 aromatic rings. The molecule has 3 fully saturated rings. The third kappa shape index (κ3) is 2.67. The summed E-state index contributed by atoms with van der Waals surface area (Å²) in [5.74, 6) is -3.41. The molecule has 1 spiro atoms. The average Bonchev–Trinajstić information content (AvgIpc) is 3.08. The second kappa shape index (κ2) is 5.26. The van der Waals surface area contributed by atoms with Crippen LogP contribution in [0.1, 0.15) is 36.2 Å². The summed E-state index contributed by atoms with van der Waals surface area (Å²) in [6, 6.07) is 0. The predicted octanol–water partition coefficient (Wildman–Crippen LogP) is 1.78. The van der Waals surface area contributed by atoms with Crippen molar-refractivity contribution in [1.29, 1.82) is 0 Å². The van der Waals surface area contributed by atoms with E-state index >= 15 is 0 Å². The Bertz CT molecular complexity index is 660. The van der Waals surface area contributed by atoms with Crippen LogP contribution in [-0.2, 0) is 4.79 Å². The lowest BCUT2D eigenvalue weighted by Gasteiger charge is -2.42. The first-order chi connectivity index (χ1) is 11.4. The van der Waals surface area contributed by atoms with E-state index in [9.17, 15) is 18.4 Å². The van der Waals surface area contributed by atoms with Crippen molar-refractivity contribution in [2.45, 2.75) is 31.6 Å². The number of aromatic nitrogens is 1. The van der Waals surface area contributed by atoms with Gasteiger partial charge in [0.15, 0.2) is 12.1 Å². The van der Waals surface area contributed by atoms with Gasteiger partial charge in [-0.15, -0.1) is 0 Å². The Kier molecular flexibility index (Phi) is 3.40. The first-order valence-electron chi connectivity index (χ1n) is 8.23. The second-order valence-corrected chi connectivity index (χ2v) is 7.29. The van der Waals surface area contributed by atoms with Crippen LogP contribution in [0.5, 0.6) is 0 Å². The third-order valence-electron chi connectivity index (χ3n) is 5.23. The summed E-state index contributed by atoms with van der Waals surface area (Å²) >= 11 is 0. The lowest BCUT2D eigenvalue weighted by molar-refractivity contribution is -0.151. The molecule has 1 aliphatic carbocycles. The Labute approximate surface area is 137 Å². The van der Waals surface area contributed by atoms with Gasteiger partial charge >= 0.3 is 0 Å². The van der Waals surface area contributed by atoms with Gasteiger partial charge in [-0.3, -0.25) is 9.59 Å². The number of rotatable bonds is 3. The molecule has 0 radical (unpaired) electrons. The Balaban J connectivity index is 1.56. The highest BCUT2D eigenvalue weighted by Gasteiger charge is 2.58. The zero-order chi connectivity index (χ0) is 16.9. The first kappa shape index (κ1) is 15.5. The molecule has 0 N–H and O–H groups in total. The Hall–Kier alpha value is -1.99. The van der Waals surface area contributed by atoms with E-state index in [0.29, 0.717) is 25.4 Å². The molecular weight excluding hydrogens is 320 g/mol. The number of carbonyl (C=O) groups is 2. The van der Waals surface area contributed by atoms with Gasteiger partial charge in [-0.2, -0.15) is 0 Å². The van der Waals surface area contributed by atoms with Gasteiger partial charge < -0.3 is 14.2 Å². The number of likely N-dealkylation sites (tertiary alicyclic amines) is 2. The van der Waals surface area contributed by atoms with Crippen LogP contribution in [0, 0.1) is 11.3 Å². The lowest BCUT2D eigenvalue weighted by atomic mass is 9.77. The molecule has 1 saturated carbocycles. The number of alkyl halides is 2. The number of hydrogen-bond donors (Lipinski definition) is 0. The summed E-state index contributed by atoms with van der Waals surface area (Å²) in [5, 5.41) is 0. The van der Waals surface area contributed by atoms with Gasteiger partial charge in [0.05, 0.1) is 12.0 Å². The predicted molar refractivity (Wildman–Crippen MR) is 78.3 cm³/mol. The maximum atomic E-state index is 14.3.